The normalized spacial score (nSPS) is 18.6. The first kappa shape index (κ1) is 18.6. The van der Waals surface area contributed by atoms with Gasteiger partial charge in [0.05, 0.1) is 6.20 Å². The summed E-state index contributed by atoms with van der Waals surface area (Å²) in [5, 5.41) is 7.77. The maximum Gasteiger partial charge on any atom is 0.276 e. The monoisotopic (exact) mass is 385 g/mol. The third kappa shape index (κ3) is 3.91. The molecule has 2 saturated heterocycles. The summed E-state index contributed by atoms with van der Waals surface area (Å²) >= 11 is 0. The van der Waals surface area contributed by atoms with Gasteiger partial charge in [0.25, 0.3) is 5.91 Å². The van der Waals surface area contributed by atoms with Gasteiger partial charge in [-0.25, -0.2) is 4.98 Å². The van der Waals surface area contributed by atoms with Gasteiger partial charge in [-0.1, -0.05) is 5.21 Å². The molecule has 0 saturated carbocycles. The molecule has 10 nitrogen and oxygen atoms in total. The van der Waals surface area contributed by atoms with Crippen molar-refractivity contribution in [2.45, 2.75) is 6.92 Å². The highest BCUT2D eigenvalue weighted by atomic mass is 16.2. The van der Waals surface area contributed by atoms with E-state index in [0.717, 1.165) is 43.6 Å². The van der Waals surface area contributed by atoms with Crippen LogP contribution in [0.25, 0.3) is 0 Å². The average molecular weight is 385 g/mol. The van der Waals surface area contributed by atoms with Crippen molar-refractivity contribution in [1.29, 1.82) is 0 Å². The predicted molar refractivity (Wildman–Crippen MR) is 106 cm³/mol. The zero-order chi connectivity index (χ0) is 19.7. The number of hydrogen-bond acceptors (Lipinski definition) is 8. The Kier molecular flexibility index (Phi) is 5.12. The lowest BCUT2D eigenvalue weighted by Crippen LogP contribution is -2.49. The summed E-state index contributed by atoms with van der Waals surface area (Å²) < 4.78 is 1.55. The summed E-state index contributed by atoms with van der Waals surface area (Å²) in [5.74, 6) is 1.67. The van der Waals surface area contributed by atoms with Crippen LogP contribution in [0.2, 0.25) is 0 Å². The van der Waals surface area contributed by atoms with Crippen LogP contribution in [0.3, 0.4) is 0 Å². The second kappa shape index (κ2) is 7.70. The van der Waals surface area contributed by atoms with E-state index in [-0.39, 0.29) is 5.91 Å². The lowest BCUT2D eigenvalue weighted by molar-refractivity contribution is 0.0740. The molecule has 0 unspecified atom stereocenters. The van der Waals surface area contributed by atoms with Crippen molar-refractivity contribution >= 4 is 17.7 Å². The quantitative estimate of drug-likeness (QED) is 0.707. The number of carbonyl (C=O) groups excluding carboxylic acids is 1. The number of rotatable bonds is 3. The van der Waals surface area contributed by atoms with Gasteiger partial charge in [0.2, 0.25) is 5.95 Å². The highest BCUT2D eigenvalue weighted by molar-refractivity contribution is 5.92. The molecule has 10 heteroatoms. The number of amides is 1. The number of nitrogens with zero attached hydrogens (tertiary/aromatic N) is 9. The van der Waals surface area contributed by atoms with Crippen LogP contribution in [0.5, 0.6) is 0 Å². The molecule has 0 bridgehead atoms. The molecule has 150 valence electrons. The Morgan fingerprint density at radius 1 is 0.929 bits per heavy atom. The topological polar surface area (TPSA) is 86.5 Å². The van der Waals surface area contributed by atoms with Crippen molar-refractivity contribution in [3.63, 3.8) is 0 Å². The number of carbonyl (C=O) groups is 1. The molecule has 2 fully saturated rings. The lowest BCUT2D eigenvalue weighted by atomic mass is 10.3. The van der Waals surface area contributed by atoms with E-state index in [4.69, 9.17) is 4.98 Å². The first-order valence-corrected chi connectivity index (χ1v) is 9.69. The molecule has 2 aromatic rings. The van der Waals surface area contributed by atoms with Gasteiger partial charge in [-0.15, -0.1) is 5.10 Å². The third-order valence-corrected chi connectivity index (χ3v) is 5.33. The molecule has 0 spiro atoms. The van der Waals surface area contributed by atoms with E-state index in [0.29, 0.717) is 31.9 Å². The van der Waals surface area contributed by atoms with Crippen LogP contribution < -0.4 is 9.80 Å². The van der Waals surface area contributed by atoms with Gasteiger partial charge in [-0.2, -0.15) is 4.98 Å². The number of likely N-dealkylation sites (N-methyl/N-ethyl adjacent to an activating group) is 1. The molecule has 0 radical (unpaired) electrons. The summed E-state index contributed by atoms with van der Waals surface area (Å²) in [7, 11) is 3.91. The van der Waals surface area contributed by atoms with Crippen LogP contribution in [0, 0.1) is 6.92 Å². The third-order valence-electron chi connectivity index (χ3n) is 5.33. The van der Waals surface area contributed by atoms with Crippen LogP contribution in [0.1, 0.15) is 16.2 Å². The van der Waals surface area contributed by atoms with Gasteiger partial charge >= 0.3 is 0 Å². The Balaban J connectivity index is 1.42. The Morgan fingerprint density at radius 3 is 2.25 bits per heavy atom. The molecule has 4 heterocycles. The predicted octanol–water partition coefficient (Wildman–Crippen LogP) is -0.372. The second-order valence-corrected chi connectivity index (χ2v) is 7.51. The van der Waals surface area contributed by atoms with Crippen LogP contribution >= 0.6 is 0 Å². The van der Waals surface area contributed by atoms with Crippen LogP contribution in [-0.4, -0.2) is 100 Å². The molecule has 0 aliphatic carbocycles. The second-order valence-electron chi connectivity index (χ2n) is 7.51. The zero-order valence-corrected chi connectivity index (χ0v) is 16.7. The molecule has 2 aliphatic heterocycles. The van der Waals surface area contributed by atoms with Crippen LogP contribution in [-0.2, 0) is 7.05 Å². The molecule has 28 heavy (non-hydrogen) atoms. The smallest absolute Gasteiger partial charge is 0.276 e. The van der Waals surface area contributed by atoms with Crippen molar-refractivity contribution in [2.24, 2.45) is 7.05 Å². The summed E-state index contributed by atoms with van der Waals surface area (Å²) in [4.78, 5) is 30.7. The Bertz CT molecular complexity index is 835. The number of aromatic nitrogens is 5. The Hall–Kier alpha value is -2.75. The first-order chi connectivity index (χ1) is 13.5. The van der Waals surface area contributed by atoms with Gasteiger partial charge in [0.1, 0.15) is 5.82 Å². The van der Waals surface area contributed by atoms with E-state index in [1.54, 1.807) is 17.9 Å². The standard InChI is InChI=1S/C18H27N9O/c1-14-12-16(25-6-4-23(2)5-7-25)20-18(19-14)27-10-8-26(9-11-27)17(28)15-13-24(3)22-21-15/h12-13H,4-11H2,1-3H3. The van der Waals surface area contributed by atoms with E-state index in [2.05, 4.69) is 43.1 Å². The minimum absolute atomic E-state index is 0.0731. The van der Waals surface area contributed by atoms with Gasteiger partial charge in [-0.3, -0.25) is 9.48 Å². The van der Waals surface area contributed by atoms with E-state index in [1.165, 1.54) is 0 Å². The number of aryl methyl sites for hydroxylation is 2. The maximum absolute atomic E-state index is 12.5. The fourth-order valence-electron chi connectivity index (χ4n) is 3.59. The first-order valence-electron chi connectivity index (χ1n) is 9.69. The molecule has 2 aliphatic rings. The molecule has 0 atom stereocenters. The lowest BCUT2D eigenvalue weighted by Gasteiger charge is -2.36. The molecular formula is C18H27N9O. The van der Waals surface area contributed by atoms with Crippen LogP contribution in [0.4, 0.5) is 11.8 Å². The molecular weight excluding hydrogens is 358 g/mol. The van der Waals surface area contributed by atoms with Crippen molar-refractivity contribution < 1.29 is 4.79 Å². The number of hydrogen-bond donors (Lipinski definition) is 0. The molecule has 1 amide bonds. The Labute approximate surface area is 164 Å². The minimum atomic E-state index is -0.0731. The van der Waals surface area contributed by atoms with Crippen molar-refractivity contribution in [3.8, 4) is 0 Å². The minimum Gasteiger partial charge on any atom is -0.354 e. The zero-order valence-electron chi connectivity index (χ0n) is 16.7. The maximum atomic E-state index is 12.5. The van der Waals surface area contributed by atoms with E-state index in [1.807, 2.05) is 11.8 Å². The fraction of sp³-hybridized carbons (Fsp3) is 0.611. The molecule has 0 N–H and O–H groups in total. The summed E-state index contributed by atoms with van der Waals surface area (Å²) in [6.45, 7) is 8.71. The number of piperazine rings is 2. The molecule has 0 aromatic carbocycles. The summed E-state index contributed by atoms with van der Waals surface area (Å²) in [6.07, 6.45) is 1.65. The van der Waals surface area contributed by atoms with Gasteiger partial charge in [-0.05, 0) is 14.0 Å². The van der Waals surface area contributed by atoms with Gasteiger partial charge in [0, 0.05) is 71.2 Å². The highest BCUT2D eigenvalue weighted by Gasteiger charge is 2.26. The Morgan fingerprint density at radius 2 is 1.61 bits per heavy atom. The summed E-state index contributed by atoms with van der Waals surface area (Å²) in [6, 6.07) is 2.06. The SMILES string of the molecule is Cc1cc(N2CCN(C)CC2)nc(N2CCN(C(=O)c3cn(C)nn3)CC2)n1. The van der Waals surface area contributed by atoms with Crippen molar-refractivity contribution in [3.05, 3.63) is 23.7 Å². The molecule has 2 aromatic heterocycles. The van der Waals surface area contributed by atoms with E-state index < -0.39 is 0 Å². The van der Waals surface area contributed by atoms with Crippen molar-refractivity contribution in [1.82, 2.24) is 34.8 Å². The largest absolute Gasteiger partial charge is 0.354 e. The summed E-state index contributed by atoms with van der Waals surface area (Å²) in [5.41, 5.74) is 1.36. The van der Waals surface area contributed by atoms with E-state index >= 15 is 0 Å². The fourth-order valence-corrected chi connectivity index (χ4v) is 3.59. The van der Waals surface area contributed by atoms with Crippen LogP contribution in [0.15, 0.2) is 12.3 Å². The van der Waals surface area contributed by atoms with Crippen molar-refractivity contribution in [2.75, 3.05) is 69.2 Å². The van der Waals surface area contributed by atoms with E-state index in [9.17, 15) is 4.79 Å². The molecule has 4 rings (SSSR count). The average Bonchev–Trinajstić information content (AvgIpc) is 3.14. The highest BCUT2D eigenvalue weighted by Crippen LogP contribution is 2.20. The van der Waals surface area contributed by atoms with Gasteiger partial charge in [0.15, 0.2) is 5.69 Å². The van der Waals surface area contributed by atoms with Gasteiger partial charge < -0.3 is 19.6 Å². The number of anilines is 2.